The topological polar surface area (TPSA) is 32.5 Å². The van der Waals surface area contributed by atoms with Gasteiger partial charge in [-0.2, -0.15) is 0 Å². The molecule has 3 heteroatoms. The highest BCUT2D eigenvalue weighted by Gasteiger charge is 2.29. The van der Waals surface area contributed by atoms with Gasteiger partial charge in [-0.25, -0.2) is 0 Å². The number of piperazine rings is 1. The Bertz CT molecular complexity index is 444. The first-order chi connectivity index (χ1) is 10.1. The Labute approximate surface area is 129 Å². The summed E-state index contributed by atoms with van der Waals surface area (Å²) in [6.45, 7) is 10.5. The van der Waals surface area contributed by atoms with Gasteiger partial charge in [0.25, 0.3) is 0 Å². The smallest absolute Gasteiger partial charge is 0.0450 e. The Morgan fingerprint density at radius 3 is 2.29 bits per heavy atom. The average Bonchev–Trinajstić information content (AvgIpc) is 3.31. The fourth-order valence-electron chi connectivity index (χ4n) is 3.31. The van der Waals surface area contributed by atoms with E-state index in [-0.39, 0.29) is 6.04 Å². The van der Waals surface area contributed by atoms with E-state index in [2.05, 4.69) is 47.9 Å². The van der Waals surface area contributed by atoms with Gasteiger partial charge in [0, 0.05) is 44.8 Å². The first-order valence-electron chi connectivity index (χ1n) is 8.42. The van der Waals surface area contributed by atoms with Crippen molar-refractivity contribution >= 4 is 0 Å². The second-order valence-electron chi connectivity index (χ2n) is 6.96. The number of aryl methyl sites for hydroxylation is 1. The molecule has 3 rings (SSSR count). The molecule has 0 bridgehead atoms. The summed E-state index contributed by atoms with van der Waals surface area (Å²) in [5.41, 5.74) is 9.05. The summed E-state index contributed by atoms with van der Waals surface area (Å²) in [5.74, 6) is 1.00. The Kier molecular flexibility index (Phi) is 4.63. The molecule has 2 unspecified atom stereocenters. The zero-order valence-electron chi connectivity index (χ0n) is 13.5. The lowest BCUT2D eigenvalue weighted by Crippen LogP contribution is -2.52. The Morgan fingerprint density at radius 1 is 1.10 bits per heavy atom. The van der Waals surface area contributed by atoms with E-state index >= 15 is 0 Å². The van der Waals surface area contributed by atoms with Crippen LogP contribution in [0.25, 0.3) is 0 Å². The minimum absolute atomic E-state index is 0.112. The number of nitrogens with two attached hydrogens (primary N) is 1. The summed E-state index contributed by atoms with van der Waals surface area (Å²) in [5, 5.41) is 0. The third kappa shape index (κ3) is 3.85. The van der Waals surface area contributed by atoms with Gasteiger partial charge >= 0.3 is 0 Å². The van der Waals surface area contributed by atoms with Crippen LogP contribution in [-0.2, 0) is 0 Å². The van der Waals surface area contributed by atoms with E-state index in [4.69, 9.17) is 5.73 Å². The van der Waals surface area contributed by atoms with Crippen LogP contribution in [0, 0.1) is 12.8 Å². The Hall–Kier alpha value is -0.900. The maximum Gasteiger partial charge on any atom is 0.0450 e. The van der Waals surface area contributed by atoms with Crippen molar-refractivity contribution in [2.75, 3.05) is 32.7 Å². The standard InChI is InChI=1S/C18H29N3/c1-14-3-7-17(8-4-14)18(19)15(2)21-11-9-20(10-12-21)13-16-5-6-16/h3-4,7-8,15-16,18H,5-6,9-13,19H2,1-2H3. The molecule has 2 aliphatic rings. The highest BCUT2D eigenvalue weighted by molar-refractivity contribution is 5.24. The fourth-order valence-corrected chi connectivity index (χ4v) is 3.31. The second kappa shape index (κ2) is 6.47. The SMILES string of the molecule is Cc1ccc(C(N)C(C)N2CCN(CC3CC3)CC2)cc1. The molecule has 0 amide bonds. The highest BCUT2D eigenvalue weighted by atomic mass is 15.3. The molecule has 116 valence electrons. The first kappa shape index (κ1) is 15.0. The lowest BCUT2D eigenvalue weighted by molar-refractivity contribution is 0.0892. The van der Waals surface area contributed by atoms with Crippen LogP contribution in [0.2, 0.25) is 0 Å². The predicted molar refractivity (Wildman–Crippen MR) is 88.3 cm³/mol. The van der Waals surface area contributed by atoms with Crippen LogP contribution >= 0.6 is 0 Å². The summed E-state index contributed by atoms with van der Waals surface area (Å²) < 4.78 is 0. The summed E-state index contributed by atoms with van der Waals surface area (Å²) in [7, 11) is 0. The van der Waals surface area contributed by atoms with E-state index in [1.54, 1.807) is 0 Å². The highest BCUT2D eigenvalue weighted by Crippen LogP contribution is 2.30. The van der Waals surface area contributed by atoms with Crippen LogP contribution in [0.1, 0.15) is 36.9 Å². The minimum Gasteiger partial charge on any atom is -0.323 e. The van der Waals surface area contributed by atoms with E-state index in [1.165, 1.54) is 43.6 Å². The zero-order valence-corrected chi connectivity index (χ0v) is 13.5. The van der Waals surface area contributed by atoms with Gasteiger partial charge in [-0.15, -0.1) is 0 Å². The van der Waals surface area contributed by atoms with E-state index < -0.39 is 0 Å². The number of hydrogen-bond donors (Lipinski definition) is 1. The molecule has 3 nitrogen and oxygen atoms in total. The molecule has 1 heterocycles. The van der Waals surface area contributed by atoms with Crippen LogP contribution in [0.5, 0.6) is 0 Å². The van der Waals surface area contributed by atoms with Crippen molar-refractivity contribution < 1.29 is 0 Å². The van der Waals surface area contributed by atoms with Gasteiger partial charge in [-0.1, -0.05) is 29.8 Å². The van der Waals surface area contributed by atoms with Gasteiger partial charge in [0.05, 0.1) is 0 Å². The normalized spacial score (nSPS) is 24.0. The van der Waals surface area contributed by atoms with Crippen LogP contribution in [-0.4, -0.2) is 48.6 Å². The monoisotopic (exact) mass is 287 g/mol. The summed E-state index contributed by atoms with van der Waals surface area (Å²) >= 11 is 0. The summed E-state index contributed by atoms with van der Waals surface area (Å²) in [6, 6.07) is 9.21. The van der Waals surface area contributed by atoms with Gasteiger partial charge in [-0.3, -0.25) is 4.90 Å². The molecular weight excluding hydrogens is 258 g/mol. The van der Waals surface area contributed by atoms with Gasteiger partial charge in [0.15, 0.2) is 0 Å². The number of rotatable bonds is 5. The molecule has 2 fully saturated rings. The van der Waals surface area contributed by atoms with E-state index in [0.29, 0.717) is 6.04 Å². The maximum absolute atomic E-state index is 6.49. The predicted octanol–water partition coefficient (Wildman–Crippen LogP) is 2.41. The quantitative estimate of drug-likeness (QED) is 0.902. The number of nitrogens with zero attached hydrogens (tertiary/aromatic N) is 2. The van der Waals surface area contributed by atoms with Gasteiger partial charge in [-0.05, 0) is 38.2 Å². The van der Waals surface area contributed by atoms with Crippen LogP contribution < -0.4 is 5.73 Å². The zero-order chi connectivity index (χ0) is 14.8. The van der Waals surface area contributed by atoms with Gasteiger partial charge in [0.2, 0.25) is 0 Å². The molecule has 0 aromatic heterocycles. The van der Waals surface area contributed by atoms with Crippen molar-refractivity contribution in [2.24, 2.45) is 11.7 Å². The second-order valence-corrected chi connectivity index (χ2v) is 6.96. The van der Waals surface area contributed by atoms with Crippen molar-refractivity contribution in [1.82, 2.24) is 9.80 Å². The minimum atomic E-state index is 0.112. The molecule has 1 aliphatic carbocycles. The molecule has 1 aromatic carbocycles. The lowest BCUT2D eigenvalue weighted by atomic mass is 9.98. The van der Waals surface area contributed by atoms with Crippen molar-refractivity contribution in [3.8, 4) is 0 Å². The number of hydrogen-bond acceptors (Lipinski definition) is 3. The van der Waals surface area contributed by atoms with E-state index in [1.807, 2.05) is 0 Å². The first-order valence-corrected chi connectivity index (χ1v) is 8.42. The molecule has 1 saturated carbocycles. The third-order valence-electron chi connectivity index (χ3n) is 5.18. The average molecular weight is 287 g/mol. The fraction of sp³-hybridized carbons (Fsp3) is 0.667. The van der Waals surface area contributed by atoms with Crippen molar-refractivity contribution in [1.29, 1.82) is 0 Å². The van der Waals surface area contributed by atoms with E-state index in [0.717, 1.165) is 19.0 Å². The van der Waals surface area contributed by atoms with Gasteiger partial charge in [0.1, 0.15) is 0 Å². The lowest BCUT2D eigenvalue weighted by Gasteiger charge is -2.40. The number of benzene rings is 1. The third-order valence-corrected chi connectivity index (χ3v) is 5.18. The van der Waals surface area contributed by atoms with Gasteiger partial charge < -0.3 is 10.6 Å². The molecule has 0 radical (unpaired) electrons. The van der Waals surface area contributed by atoms with E-state index in [9.17, 15) is 0 Å². The molecule has 1 aromatic rings. The molecule has 2 atom stereocenters. The summed E-state index contributed by atoms with van der Waals surface area (Å²) in [6.07, 6.45) is 2.91. The maximum atomic E-state index is 6.49. The van der Waals surface area contributed by atoms with Crippen LogP contribution in [0.4, 0.5) is 0 Å². The Balaban J connectivity index is 1.52. The Morgan fingerprint density at radius 2 is 1.71 bits per heavy atom. The molecule has 2 N–H and O–H groups in total. The largest absolute Gasteiger partial charge is 0.323 e. The van der Waals surface area contributed by atoms with Crippen molar-refractivity contribution in [3.63, 3.8) is 0 Å². The van der Waals surface area contributed by atoms with Crippen molar-refractivity contribution in [3.05, 3.63) is 35.4 Å². The van der Waals surface area contributed by atoms with Crippen molar-refractivity contribution in [2.45, 2.75) is 38.8 Å². The molecule has 1 aliphatic heterocycles. The molecule has 1 saturated heterocycles. The molecule has 0 spiro atoms. The molecule has 21 heavy (non-hydrogen) atoms. The van der Waals surface area contributed by atoms with Crippen LogP contribution in [0.15, 0.2) is 24.3 Å². The van der Waals surface area contributed by atoms with Crippen LogP contribution in [0.3, 0.4) is 0 Å². The summed E-state index contributed by atoms with van der Waals surface area (Å²) in [4.78, 5) is 5.20. The molecular formula is C18H29N3.